The van der Waals surface area contributed by atoms with Gasteiger partial charge in [0, 0.05) is 31.3 Å². The van der Waals surface area contributed by atoms with Gasteiger partial charge in [0.1, 0.15) is 11.8 Å². The number of nitrogens with one attached hydrogen (secondary N) is 1. The summed E-state index contributed by atoms with van der Waals surface area (Å²) >= 11 is 0. The van der Waals surface area contributed by atoms with Crippen LogP contribution in [0.3, 0.4) is 0 Å². The molecule has 0 aliphatic heterocycles. The molecule has 2 amide bonds. The van der Waals surface area contributed by atoms with Gasteiger partial charge in [0.2, 0.25) is 5.91 Å². The van der Waals surface area contributed by atoms with Crippen LogP contribution in [0.1, 0.15) is 21.6 Å². The molecule has 11 heteroatoms. The largest absolute Gasteiger partial charge is 0.497 e. The minimum Gasteiger partial charge on any atom is -0.497 e. The molecule has 1 atom stereocenters. The molecule has 1 N–H and O–H groups in total. The number of likely N-dealkylation sites (N-methyl/N-ethyl adjacent to an activating group) is 1. The van der Waals surface area contributed by atoms with Crippen LogP contribution in [0, 0.1) is 10.1 Å². The number of aromatic nitrogens is 3. The Hall–Kier alpha value is -5.06. The van der Waals surface area contributed by atoms with Crippen molar-refractivity contribution in [2.45, 2.75) is 19.0 Å². The Morgan fingerprint density at radius 3 is 2.45 bits per heavy atom. The minimum absolute atomic E-state index is 0.0217. The molecular weight excluding hydrogens is 488 g/mol. The van der Waals surface area contributed by atoms with Gasteiger partial charge in [-0.3, -0.25) is 19.7 Å². The van der Waals surface area contributed by atoms with Gasteiger partial charge in [0.15, 0.2) is 5.69 Å². The molecule has 0 aliphatic rings. The summed E-state index contributed by atoms with van der Waals surface area (Å²) in [5.74, 6) is -0.207. The van der Waals surface area contributed by atoms with Gasteiger partial charge in [-0.15, -0.1) is 5.10 Å². The summed E-state index contributed by atoms with van der Waals surface area (Å²) in [7, 11) is 3.21. The number of benzene rings is 3. The fourth-order valence-corrected chi connectivity index (χ4v) is 3.88. The van der Waals surface area contributed by atoms with Crippen molar-refractivity contribution < 1.29 is 19.2 Å². The van der Waals surface area contributed by atoms with Gasteiger partial charge < -0.3 is 15.0 Å². The van der Waals surface area contributed by atoms with E-state index in [1.165, 1.54) is 27.9 Å². The Balaban J connectivity index is 1.50. The lowest BCUT2D eigenvalue weighted by Crippen LogP contribution is -2.48. The highest BCUT2D eigenvalue weighted by atomic mass is 16.6. The zero-order valence-corrected chi connectivity index (χ0v) is 20.9. The van der Waals surface area contributed by atoms with Gasteiger partial charge >= 0.3 is 0 Å². The summed E-state index contributed by atoms with van der Waals surface area (Å²) < 4.78 is 6.60. The van der Waals surface area contributed by atoms with Crippen molar-refractivity contribution in [3.8, 4) is 5.75 Å². The lowest BCUT2D eigenvalue weighted by molar-refractivity contribution is -0.384. The van der Waals surface area contributed by atoms with Gasteiger partial charge in [0.05, 0.1) is 24.8 Å². The Morgan fingerprint density at radius 1 is 1.05 bits per heavy atom. The molecule has 0 saturated carbocycles. The van der Waals surface area contributed by atoms with Crippen LogP contribution in [0.4, 0.5) is 11.4 Å². The second kappa shape index (κ2) is 11.8. The quantitative estimate of drug-likeness (QED) is 0.254. The molecule has 0 radical (unpaired) electrons. The summed E-state index contributed by atoms with van der Waals surface area (Å²) in [5, 5.41) is 21.7. The highest BCUT2D eigenvalue weighted by Gasteiger charge is 2.27. The maximum atomic E-state index is 13.5. The van der Waals surface area contributed by atoms with Gasteiger partial charge in [-0.05, 0) is 35.4 Å². The first-order chi connectivity index (χ1) is 18.3. The van der Waals surface area contributed by atoms with E-state index < -0.39 is 16.9 Å². The number of hydrogen-bond donors (Lipinski definition) is 1. The van der Waals surface area contributed by atoms with E-state index in [2.05, 4.69) is 15.6 Å². The highest BCUT2D eigenvalue weighted by molar-refractivity contribution is 6.01. The summed E-state index contributed by atoms with van der Waals surface area (Å²) in [4.78, 5) is 38.6. The molecule has 0 aliphatic carbocycles. The van der Waals surface area contributed by atoms with E-state index >= 15 is 0 Å². The molecule has 0 fully saturated rings. The van der Waals surface area contributed by atoms with Crippen molar-refractivity contribution in [2.24, 2.45) is 0 Å². The number of nitrogens with zero attached hydrogens (tertiary/aromatic N) is 5. The molecule has 3 aromatic carbocycles. The first-order valence-corrected chi connectivity index (χ1v) is 11.7. The number of methoxy groups -OCH3 is 1. The average Bonchev–Trinajstić information content (AvgIpc) is 3.41. The van der Waals surface area contributed by atoms with Crippen molar-refractivity contribution in [1.82, 2.24) is 20.3 Å². The van der Waals surface area contributed by atoms with Crippen LogP contribution in [0.2, 0.25) is 0 Å². The average molecular weight is 515 g/mol. The predicted octanol–water partition coefficient (Wildman–Crippen LogP) is 3.25. The van der Waals surface area contributed by atoms with E-state index in [4.69, 9.17) is 4.74 Å². The summed E-state index contributed by atoms with van der Waals surface area (Å²) in [6.07, 6.45) is 1.71. The number of hydrogen-bond acceptors (Lipinski definition) is 7. The molecule has 4 rings (SSSR count). The first kappa shape index (κ1) is 26.0. The molecule has 0 bridgehead atoms. The molecule has 0 spiro atoms. The molecule has 1 heterocycles. The van der Waals surface area contributed by atoms with Crippen LogP contribution in [-0.2, 0) is 17.8 Å². The lowest BCUT2D eigenvalue weighted by atomic mass is 10.0. The van der Waals surface area contributed by atoms with Crippen LogP contribution in [0.25, 0.3) is 0 Å². The summed E-state index contributed by atoms with van der Waals surface area (Å²) in [6, 6.07) is 21.7. The second-order valence-electron chi connectivity index (χ2n) is 8.54. The van der Waals surface area contributed by atoms with E-state index in [1.807, 2.05) is 30.3 Å². The third-order valence-electron chi connectivity index (χ3n) is 5.91. The molecule has 11 nitrogen and oxygen atoms in total. The van der Waals surface area contributed by atoms with Gasteiger partial charge in [-0.25, -0.2) is 4.68 Å². The van der Waals surface area contributed by atoms with Crippen molar-refractivity contribution in [2.75, 3.05) is 19.1 Å². The van der Waals surface area contributed by atoms with Gasteiger partial charge in [-0.2, -0.15) is 0 Å². The number of carbonyl (C=O) groups excluding carboxylic acids is 2. The van der Waals surface area contributed by atoms with Crippen molar-refractivity contribution in [1.29, 1.82) is 0 Å². The lowest BCUT2D eigenvalue weighted by Gasteiger charge is -2.25. The first-order valence-electron chi connectivity index (χ1n) is 11.7. The number of anilines is 1. The number of nitro groups is 1. The molecule has 0 saturated heterocycles. The molecule has 1 aromatic heterocycles. The number of ether oxygens (including phenoxy) is 1. The number of non-ortho nitro benzene ring substituents is 1. The highest BCUT2D eigenvalue weighted by Crippen LogP contribution is 2.20. The summed E-state index contributed by atoms with van der Waals surface area (Å²) in [5.41, 5.74) is 2.14. The van der Waals surface area contributed by atoms with Gasteiger partial charge in [0.25, 0.3) is 11.6 Å². The number of amides is 2. The monoisotopic (exact) mass is 514 g/mol. The van der Waals surface area contributed by atoms with E-state index in [-0.39, 0.29) is 30.3 Å². The van der Waals surface area contributed by atoms with Crippen LogP contribution in [0.5, 0.6) is 5.75 Å². The smallest absolute Gasteiger partial charge is 0.274 e. The summed E-state index contributed by atoms with van der Waals surface area (Å²) in [6.45, 7) is 0.189. The van der Waals surface area contributed by atoms with Crippen LogP contribution >= 0.6 is 0 Å². The Bertz CT molecular complexity index is 1420. The molecule has 4 aromatic rings. The SMILES string of the molecule is COc1ccc(N(C)C(=O)[C@H](Cc2ccccc2)NC(=O)c2cn(Cc3cccc([N+](=O)[O-])c3)nn2)cc1. The Morgan fingerprint density at radius 2 is 1.76 bits per heavy atom. The Kier molecular flexibility index (Phi) is 8.07. The van der Waals surface area contributed by atoms with Crippen molar-refractivity contribution in [3.05, 3.63) is 112 Å². The van der Waals surface area contributed by atoms with Crippen molar-refractivity contribution in [3.63, 3.8) is 0 Å². The zero-order chi connectivity index (χ0) is 27.1. The maximum absolute atomic E-state index is 13.5. The standard InChI is InChI=1S/C27H26N6O5/c1-31(21-11-13-23(38-2)14-12-21)27(35)24(16-19-7-4-3-5-8-19)28-26(34)25-18-32(30-29-25)17-20-9-6-10-22(15-20)33(36)37/h3-15,18,24H,16-17H2,1-2H3,(H,28,34)/t24-/m0/s1. The van der Waals surface area contributed by atoms with E-state index in [0.29, 0.717) is 17.0 Å². The third kappa shape index (κ3) is 6.38. The van der Waals surface area contributed by atoms with E-state index in [9.17, 15) is 19.7 Å². The topological polar surface area (TPSA) is 132 Å². The third-order valence-corrected chi connectivity index (χ3v) is 5.91. The van der Waals surface area contributed by atoms with Gasteiger partial charge in [-0.1, -0.05) is 47.7 Å². The minimum atomic E-state index is -0.876. The molecule has 194 valence electrons. The number of carbonyl (C=O) groups is 2. The molecule has 38 heavy (non-hydrogen) atoms. The predicted molar refractivity (Wildman–Crippen MR) is 140 cm³/mol. The molecule has 0 unspecified atom stereocenters. The molecular formula is C27H26N6O5. The van der Waals surface area contributed by atoms with E-state index in [1.54, 1.807) is 50.6 Å². The number of nitro benzene ring substituents is 1. The van der Waals surface area contributed by atoms with Crippen LogP contribution in [-0.4, -0.2) is 51.9 Å². The fraction of sp³-hybridized carbons (Fsp3) is 0.185. The zero-order valence-electron chi connectivity index (χ0n) is 20.9. The number of rotatable bonds is 10. The van der Waals surface area contributed by atoms with Crippen LogP contribution < -0.4 is 15.0 Å². The normalized spacial score (nSPS) is 11.4. The van der Waals surface area contributed by atoms with E-state index in [0.717, 1.165) is 5.56 Å². The second-order valence-corrected chi connectivity index (χ2v) is 8.54. The van der Waals surface area contributed by atoms with Crippen molar-refractivity contribution >= 4 is 23.2 Å². The Labute approximate surface area is 218 Å². The fourth-order valence-electron chi connectivity index (χ4n) is 3.88. The van der Waals surface area contributed by atoms with Crippen LogP contribution in [0.15, 0.2) is 85.1 Å². The maximum Gasteiger partial charge on any atom is 0.274 e.